The first-order valence-corrected chi connectivity index (χ1v) is 7.68. The molecule has 1 aromatic carbocycles. The molecule has 1 aliphatic heterocycles. The largest absolute Gasteiger partial charge is 0.496 e. The molecule has 1 aliphatic rings. The van der Waals surface area contributed by atoms with Gasteiger partial charge in [-0.15, -0.1) is 0 Å². The summed E-state index contributed by atoms with van der Waals surface area (Å²) in [5.74, 6) is 1.13. The van der Waals surface area contributed by atoms with Gasteiger partial charge in [0, 0.05) is 38.6 Å². The first-order valence-electron chi connectivity index (χ1n) is 7.68. The van der Waals surface area contributed by atoms with E-state index >= 15 is 0 Å². The summed E-state index contributed by atoms with van der Waals surface area (Å²) in [6.07, 6.45) is -5.02. The molecule has 0 amide bonds. The standard InChI is InChI=1S/C16H23F3N2O2/c1-22-13-4-3-5-14(23-2)15(13)12(6-7-16(17,18)19)21-10-8-20-9-11-21/h3-5,12,20H,6-11H2,1-2H3/t12-/m0/s1. The lowest BCUT2D eigenvalue weighted by Gasteiger charge is -2.36. The van der Waals surface area contributed by atoms with Gasteiger partial charge in [0.25, 0.3) is 0 Å². The lowest BCUT2D eigenvalue weighted by atomic mass is 9.97. The summed E-state index contributed by atoms with van der Waals surface area (Å²) in [5, 5.41) is 3.22. The van der Waals surface area contributed by atoms with Crippen LogP contribution in [-0.2, 0) is 0 Å². The highest BCUT2D eigenvalue weighted by Gasteiger charge is 2.33. The van der Waals surface area contributed by atoms with Crippen molar-refractivity contribution >= 4 is 0 Å². The number of nitrogens with zero attached hydrogens (tertiary/aromatic N) is 1. The molecule has 1 saturated heterocycles. The van der Waals surface area contributed by atoms with Gasteiger partial charge in [-0.1, -0.05) is 6.07 Å². The highest BCUT2D eigenvalue weighted by atomic mass is 19.4. The van der Waals surface area contributed by atoms with Crippen molar-refractivity contribution in [2.24, 2.45) is 0 Å². The normalized spacial score (nSPS) is 17.8. The van der Waals surface area contributed by atoms with Gasteiger partial charge in [0.05, 0.1) is 19.8 Å². The summed E-state index contributed by atoms with van der Waals surface area (Å²) in [7, 11) is 3.05. The maximum atomic E-state index is 12.8. The minimum atomic E-state index is -4.18. The van der Waals surface area contributed by atoms with E-state index in [1.165, 1.54) is 14.2 Å². The molecule has 1 heterocycles. The number of halogens is 3. The fourth-order valence-corrected chi connectivity index (χ4v) is 3.01. The van der Waals surface area contributed by atoms with Crippen LogP contribution in [-0.4, -0.2) is 51.5 Å². The van der Waals surface area contributed by atoms with Gasteiger partial charge in [0.15, 0.2) is 0 Å². The minimum Gasteiger partial charge on any atom is -0.496 e. The van der Waals surface area contributed by atoms with Crippen molar-refractivity contribution in [1.82, 2.24) is 10.2 Å². The number of alkyl halides is 3. The molecular formula is C16H23F3N2O2. The topological polar surface area (TPSA) is 33.7 Å². The van der Waals surface area contributed by atoms with Gasteiger partial charge in [-0.3, -0.25) is 4.90 Å². The second-order valence-electron chi connectivity index (χ2n) is 5.53. The molecule has 130 valence electrons. The van der Waals surface area contributed by atoms with Crippen molar-refractivity contribution in [3.05, 3.63) is 23.8 Å². The zero-order valence-corrected chi connectivity index (χ0v) is 13.4. The Morgan fingerprint density at radius 1 is 1.13 bits per heavy atom. The van der Waals surface area contributed by atoms with Crippen molar-refractivity contribution in [3.63, 3.8) is 0 Å². The molecule has 0 bridgehead atoms. The van der Waals surface area contributed by atoms with Gasteiger partial charge < -0.3 is 14.8 Å². The van der Waals surface area contributed by atoms with E-state index in [0.717, 1.165) is 13.1 Å². The number of piperazine rings is 1. The summed E-state index contributed by atoms with van der Waals surface area (Å²) < 4.78 is 49.1. The Kier molecular flexibility index (Phi) is 6.12. The number of methoxy groups -OCH3 is 2. The van der Waals surface area contributed by atoms with Crippen LogP contribution >= 0.6 is 0 Å². The van der Waals surface area contributed by atoms with E-state index in [2.05, 4.69) is 10.2 Å². The van der Waals surface area contributed by atoms with Crippen molar-refractivity contribution < 1.29 is 22.6 Å². The van der Waals surface area contributed by atoms with Crippen LogP contribution in [0.2, 0.25) is 0 Å². The van der Waals surface area contributed by atoms with E-state index in [4.69, 9.17) is 9.47 Å². The van der Waals surface area contributed by atoms with Gasteiger partial charge in [-0.25, -0.2) is 0 Å². The third kappa shape index (κ3) is 4.75. The molecule has 7 heteroatoms. The summed E-state index contributed by atoms with van der Waals surface area (Å²) in [6, 6.07) is 4.92. The molecule has 4 nitrogen and oxygen atoms in total. The van der Waals surface area contributed by atoms with Crippen LogP contribution in [0.4, 0.5) is 13.2 Å². The average molecular weight is 332 g/mol. The molecule has 1 atom stereocenters. The first kappa shape index (κ1) is 17.9. The van der Waals surface area contributed by atoms with E-state index in [-0.39, 0.29) is 12.5 Å². The summed E-state index contributed by atoms with van der Waals surface area (Å²) in [6.45, 7) is 2.92. The van der Waals surface area contributed by atoms with Crippen molar-refractivity contribution in [1.29, 1.82) is 0 Å². The zero-order valence-electron chi connectivity index (χ0n) is 13.4. The van der Waals surface area contributed by atoms with Gasteiger partial charge >= 0.3 is 6.18 Å². The van der Waals surface area contributed by atoms with E-state index in [9.17, 15) is 13.2 Å². The Balaban J connectivity index is 2.35. The van der Waals surface area contributed by atoms with Crippen molar-refractivity contribution in [2.45, 2.75) is 25.1 Å². The number of hydrogen-bond donors (Lipinski definition) is 1. The van der Waals surface area contributed by atoms with Gasteiger partial charge in [0.1, 0.15) is 11.5 Å². The molecule has 0 aliphatic carbocycles. The lowest BCUT2D eigenvalue weighted by molar-refractivity contribution is -0.138. The number of ether oxygens (including phenoxy) is 2. The number of benzene rings is 1. The number of nitrogens with one attached hydrogen (secondary N) is 1. The quantitative estimate of drug-likeness (QED) is 0.868. The third-order valence-electron chi connectivity index (χ3n) is 4.09. The van der Waals surface area contributed by atoms with E-state index in [1.54, 1.807) is 18.2 Å². The zero-order chi connectivity index (χ0) is 16.9. The molecule has 2 rings (SSSR count). The van der Waals surface area contributed by atoms with Crippen LogP contribution in [0.15, 0.2) is 18.2 Å². The van der Waals surface area contributed by atoms with Crippen LogP contribution < -0.4 is 14.8 Å². The van der Waals surface area contributed by atoms with Crippen LogP contribution in [0, 0.1) is 0 Å². The fourth-order valence-electron chi connectivity index (χ4n) is 3.01. The molecule has 0 aromatic heterocycles. The van der Waals surface area contributed by atoms with Crippen LogP contribution in [0.25, 0.3) is 0 Å². The van der Waals surface area contributed by atoms with Crippen molar-refractivity contribution in [3.8, 4) is 11.5 Å². The third-order valence-corrected chi connectivity index (χ3v) is 4.09. The Morgan fingerprint density at radius 2 is 1.70 bits per heavy atom. The molecule has 0 unspecified atom stereocenters. The highest BCUT2D eigenvalue weighted by molar-refractivity contribution is 5.47. The molecule has 0 spiro atoms. The second-order valence-corrected chi connectivity index (χ2v) is 5.53. The van der Waals surface area contributed by atoms with Crippen molar-refractivity contribution in [2.75, 3.05) is 40.4 Å². The van der Waals surface area contributed by atoms with E-state index in [0.29, 0.717) is 30.2 Å². The Bertz CT molecular complexity index is 480. The van der Waals surface area contributed by atoms with Crippen LogP contribution in [0.1, 0.15) is 24.4 Å². The number of rotatable bonds is 6. The van der Waals surface area contributed by atoms with Gasteiger partial charge in [-0.2, -0.15) is 13.2 Å². The molecule has 1 N–H and O–H groups in total. The SMILES string of the molecule is COc1cccc(OC)c1[C@H](CCC(F)(F)F)N1CCNCC1. The second kappa shape index (κ2) is 7.88. The van der Waals surface area contributed by atoms with Gasteiger partial charge in [0.2, 0.25) is 0 Å². The maximum absolute atomic E-state index is 12.8. The molecule has 0 radical (unpaired) electrons. The summed E-state index contributed by atoms with van der Waals surface area (Å²) >= 11 is 0. The summed E-state index contributed by atoms with van der Waals surface area (Å²) in [4.78, 5) is 2.07. The predicted molar refractivity (Wildman–Crippen MR) is 82.0 cm³/mol. The number of hydrogen-bond acceptors (Lipinski definition) is 4. The molecular weight excluding hydrogens is 309 g/mol. The predicted octanol–water partition coefficient (Wildman–Crippen LogP) is 2.99. The van der Waals surface area contributed by atoms with E-state index < -0.39 is 12.6 Å². The maximum Gasteiger partial charge on any atom is 0.389 e. The Labute approximate surface area is 134 Å². The lowest BCUT2D eigenvalue weighted by Crippen LogP contribution is -2.45. The fraction of sp³-hybridized carbons (Fsp3) is 0.625. The van der Waals surface area contributed by atoms with Gasteiger partial charge in [-0.05, 0) is 18.6 Å². The smallest absolute Gasteiger partial charge is 0.389 e. The minimum absolute atomic E-state index is 0.0137. The first-order chi connectivity index (χ1) is 11.0. The monoisotopic (exact) mass is 332 g/mol. The van der Waals surface area contributed by atoms with Crippen LogP contribution in [0.5, 0.6) is 11.5 Å². The Morgan fingerprint density at radius 3 is 2.17 bits per heavy atom. The molecule has 1 aromatic rings. The molecule has 23 heavy (non-hydrogen) atoms. The average Bonchev–Trinajstić information content (AvgIpc) is 2.55. The highest BCUT2D eigenvalue weighted by Crippen LogP contribution is 2.41. The molecule has 0 saturated carbocycles. The Hall–Kier alpha value is -1.47. The molecule has 1 fully saturated rings. The van der Waals surface area contributed by atoms with E-state index in [1.807, 2.05) is 0 Å². The summed E-state index contributed by atoms with van der Waals surface area (Å²) in [5.41, 5.74) is 0.698. The van der Waals surface area contributed by atoms with Crippen LogP contribution in [0.3, 0.4) is 0 Å².